The van der Waals surface area contributed by atoms with Crippen LogP contribution in [0, 0.1) is 6.92 Å². The van der Waals surface area contributed by atoms with Gasteiger partial charge >= 0.3 is 0 Å². The summed E-state index contributed by atoms with van der Waals surface area (Å²) in [5, 5.41) is 0. The minimum absolute atomic E-state index is 0.0978. The molecule has 0 atom stereocenters. The smallest absolute Gasteiger partial charge is 0.252 e. The Labute approximate surface area is 544 Å². The van der Waals surface area contributed by atoms with Gasteiger partial charge in [0.2, 0.25) is 0 Å². The second-order valence-corrected chi connectivity index (χ2v) is 31.1. The van der Waals surface area contributed by atoms with Crippen LogP contribution in [0.15, 0.2) is 212 Å². The number of ether oxygens (including phenoxy) is 1. The summed E-state index contributed by atoms with van der Waals surface area (Å²) in [5.74, 6) is 1.84. The second-order valence-electron chi connectivity index (χ2n) is 31.1. The van der Waals surface area contributed by atoms with E-state index < -0.39 is 0 Å². The first-order chi connectivity index (χ1) is 44.1. The third-order valence-electron chi connectivity index (χ3n) is 21.1. The zero-order valence-electron chi connectivity index (χ0n) is 55.1. The van der Waals surface area contributed by atoms with Crippen LogP contribution in [0.3, 0.4) is 0 Å². The van der Waals surface area contributed by atoms with Crippen molar-refractivity contribution in [3.8, 4) is 11.5 Å². The van der Waals surface area contributed by atoms with E-state index in [1.807, 2.05) is 0 Å². The van der Waals surface area contributed by atoms with Crippen molar-refractivity contribution < 1.29 is 4.74 Å². The quantitative estimate of drug-likeness (QED) is 0.163. The first-order valence-electron chi connectivity index (χ1n) is 33.2. The number of fused-ring (bicyclic) bond motifs is 10. The van der Waals surface area contributed by atoms with Gasteiger partial charge in [-0.05, 0) is 203 Å². The second kappa shape index (κ2) is 18.8. The van der Waals surface area contributed by atoms with Crippen LogP contribution in [-0.2, 0) is 21.7 Å². The van der Waals surface area contributed by atoms with E-state index in [9.17, 15) is 0 Å². The average molecular weight is 1190 g/mol. The van der Waals surface area contributed by atoms with Gasteiger partial charge in [0, 0.05) is 73.9 Å². The SMILES string of the molecule is Cc1cc2c3c(c1)N(c1ccccc1)c1cc4c(cc1B3c1cc(C(C)(C)C)ccc1N2c1ccccc1)B1c2cc(C(C)(C)C)cc3c2N2c5c(cc(C(C)(C)C)cc5B5c6cc(C(C)(C)C)ccc6N(c6ccccc6)c6cc(c1c2c65)N4c1ccccc1)O3. The number of rotatable bonds is 4. The molecule has 446 valence electrons. The Morgan fingerprint density at radius 2 is 0.576 bits per heavy atom. The first-order valence-corrected chi connectivity index (χ1v) is 33.2. The molecule has 0 bridgehead atoms. The van der Waals surface area contributed by atoms with E-state index in [1.54, 1.807) is 0 Å². The summed E-state index contributed by atoms with van der Waals surface area (Å²) in [4.78, 5) is 13.1. The van der Waals surface area contributed by atoms with Crippen molar-refractivity contribution in [2.45, 2.75) is 112 Å². The van der Waals surface area contributed by atoms with Gasteiger partial charge in [-0.3, -0.25) is 0 Å². The van der Waals surface area contributed by atoms with Gasteiger partial charge in [-0.15, -0.1) is 0 Å². The molecule has 0 N–H and O–H groups in total. The van der Waals surface area contributed by atoms with Crippen molar-refractivity contribution in [3.63, 3.8) is 0 Å². The highest BCUT2D eigenvalue weighted by molar-refractivity contribution is 7.06. The van der Waals surface area contributed by atoms with Crippen LogP contribution in [0.4, 0.5) is 85.3 Å². The van der Waals surface area contributed by atoms with E-state index >= 15 is 0 Å². The van der Waals surface area contributed by atoms with Crippen LogP contribution in [0.2, 0.25) is 0 Å². The van der Waals surface area contributed by atoms with E-state index in [-0.39, 0.29) is 41.8 Å². The normalized spacial score (nSPS) is 14.9. The topological polar surface area (TPSA) is 25.4 Å². The molecule has 0 fully saturated rings. The van der Waals surface area contributed by atoms with Crippen LogP contribution in [0.5, 0.6) is 11.5 Å². The maximum atomic E-state index is 7.75. The van der Waals surface area contributed by atoms with Crippen LogP contribution in [-0.4, -0.2) is 20.1 Å². The summed E-state index contributed by atoms with van der Waals surface area (Å²) in [6, 6.07) is 82.1. The number of benzene rings is 11. The molecule has 0 spiro atoms. The molecule has 11 aromatic carbocycles. The minimum Gasteiger partial charge on any atom is -0.453 e. The summed E-state index contributed by atoms with van der Waals surface area (Å²) in [6.45, 7) is 30.1. The average Bonchev–Trinajstić information content (AvgIpc) is 0.645. The number of para-hydroxylation sites is 4. The van der Waals surface area contributed by atoms with Gasteiger partial charge < -0.3 is 29.2 Å². The summed E-state index contributed by atoms with van der Waals surface area (Å²) < 4.78 is 7.75. The Hall–Kier alpha value is -9.59. The third kappa shape index (κ3) is 7.71. The van der Waals surface area contributed by atoms with Crippen LogP contribution < -0.4 is 78.4 Å². The van der Waals surface area contributed by atoms with E-state index in [4.69, 9.17) is 4.74 Å². The van der Waals surface area contributed by atoms with Gasteiger partial charge in [-0.1, -0.05) is 198 Å². The molecule has 0 radical (unpaired) electrons. The van der Waals surface area contributed by atoms with Crippen molar-refractivity contribution in [2.75, 3.05) is 24.5 Å². The molecule has 7 heterocycles. The van der Waals surface area contributed by atoms with E-state index in [0.29, 0.717) is 0 Å². The van der Waals surface area contributed by atoms with Gasteiger partial charge in [0.25, 0.3) is 20.1 Å². The van der Waals surface area contributed by atoms with E-state index in [0.717, 1.165) is 45.6 Å². The highest BCUT2D eigenvalue weighted by Gasteiger charge is 2.56. The predicted octanol–water partition coefficient (Wildman–Crippen LogP) is 16.1. The lowest BCUT2D eigenvalue weighted by Crippen LogP contribution is -2.70. The number of anilines is 15. The lowest BCUT2D eigenvalue weighted by atomic mass is 9.27. The number of aryl methyl sites for hydroxylation is 1. The molecule has 9 heteroatoms. The first kappa shape index (κ1) is 55.3. The molecule has 0 saturated carbocycles. The molecule has 0 saturated heterocycles. The maximum Gasteiger partial charge on any atom is 0.252 e. The van der Waals surface area contributed by atoms with Crippen molar-refractivity contribution in [1.82, 2.24) is 0 Å². The van der Waals surface area contributed by atoms with Crippen LogP contribution in [0.25, 0.3) is 0 Å². The summed E-state index contributed by atoms with van der Waals surface area (Å²) >= 11 is 0. The van der Waals surface area contributed by atoms with Crippen molar-refractivity contribution >= 4 is 155 Å². The molecule has 6 nitrogen and oxygen atoms in total. The lowest BCUT2D eigenvalue weighted by molar-refractivity contribution is 0.470. The van der Waals surface area contributed by atoms with Crippen molar-refractivity contribution in [3.05, 3.63) is 240 Å². The Kier molecular flexibility index (Phi) is 11.3. The standard InChI is InChI=1S/C83H74B3N5O/c1-49-38-68-74-69(39-49)89(56-30-22-16-23-31-56)66-47-67-61(46-60(66)84(74)58-40-50(80(2,3)4)34-36-64(58)87(68)54-26-18-14-19-27-54)86-63-43-53(83(11,12)13)45-73-78(63)91-77-62(42-52(82(8,9)10)44-72(77)92-73)85-59-41-51(81(5,6)7)35-37-65(59)88(55-28-20-15-21-29-55)70-48-71(76(86)79(91)75(70)85)90(67)57-32-24-17-25-33-57/h14-48H,1-13H3. The minimum atomic E-state index is -0.208. The number of hydrogen-bond acceptors (Lipinski definition) is 6. The molecule has 18 rings (SSSR count). The fourth-order valence-corrected chi connectivity index (χ4v) is 16.7. The largest absolute Gasteiger partial charge is 0.453 e. The molecule has 0 aliphatic carbocycles. The van der Waals surface area contributed by atoms with Crippen molar-refractivity contribution in [1.29, 1.82) is 0 Å². The molecule has 7 aliphatic heterocycles. The molecule has 0 aromatic heterocycles. The molecule has 11 aromatic rings. The van der Waals surface area contributed by atoms with Gasteiger partial charge in [0.15, 0.2) is 11.5 Å². The molecular formula is C83H74B3N5O. The fraction of sp³-hybridized carbons (Fsp3) is 0.205. The summed E-state index contributed by atoms with van der Waals surface area (Å²) in [6.07, 6.45) is 0. The molecule has 92 heavy (non-hydrogen) atoms. The summed E-state index contributed by atoms with van der Waals surface area (Å²) in [5.41, 5.74) is 35.3. The zero-order valence-corrected chi connectivity index (χ0v) is 55.1. The Bertz CT molecular complexity index is 5000. The molecule has 0 unspecified atom stereocenters. The van der Waals surface area contributed by atoms with E-state index in [1.165, 1.54) is 128 Å². The van der Waals surface area contributed by atoms with Crippen LogP contribution >= 0.6 is 0 Å². The maximum absolute atomic E-state index is 7.75. The lowest BCUT2D eigenvalue weighted by Gasteiger charge is -2.53. The van der Waals surface area contributed by atoms with Crippen molar-refractivity contribution in [2.24, 2.45) is 0 Å². The molecular weight excluding hydrogens is 1120 g/mol. The Balaban J connectivity index is 1.01. The third-order valence-corrected chi connectivity index (χ3v) is 21.1. The van der Waals surface area contributed by atoms with Gasteiger partial charge in [-0.2, -0.15) is 0 Å². The Morgan fingerprint density at radius 3 is 0.946 bits per heavy atom. The zero-order chi connectivity index (χ0) is 63.0. The predicted molar refractivity (Wildman–Crippen MR) is 393 cm³/mol. The highest BCUT2D eigenvalue weighted by Crippen LogP contribution is 2.58. The summed E-state index contributed by atoms with van der Waals surface area (Å²) in [7, 11) is 0. The molecule has 7 aliphatic rings. The fourth-order valence-electron chi connectivity index (χ4n) is 16.7. The van der Waals surface area contributed by atoms with Crippen LogP contribution in [0.1, 0.15) is 111 Å². The Morgan fingerprint density at radius 1 is 0.261 bits per heavy atom. The van der Waals surface area contributed by atoms with Gasteiger partial charge in [0.1, 0.15) is 0 Å². The molecule has 0 amide bonds. The van der Waals surface area contributed by atoms with Gasteiger partial charge in [0.05, 0.1) is 11.4 Å². The number of hydrogen-bond donors (Lipinski definition) is 0. The van der Waals surface area contributed by atoms with E-state index in [2.05, 4.69) is 327 Å². The highest BCUT2D eigenvalue weighted by atomic mass is 16.5. The van der Waals surface area contributed by atoms with Gasteiger partial charge in [-0.25, -0.2) is 0 Å². The number of nitrogens with zero attached hydrogens (tertiary/aromatic N) is 5. The monoisotopic (exact) mass is 1190 g/mol.